The number of methoxy groups -OCH3 is 1. The maximum absolute atomic E-state index is 12.6. The summed E-state index contributed by atoms with van der Waals surface area (Å²) in [5.74, 6) is 0.331. The zero-order valence-corrected chi connectivity index (χ0v) is 20.1. The highest BCUT2D eigenvalue weighted by Gasteiger charge is 2.26. The van der Waals surface area contributed by atoms with Crippen LogP contribution in [0.25, 0.3) is 17.0 Å². The van der Waals surface area contributed by atoms with E-state index in [2.05, 4.69) is 4.99 Å². The topological polar surface area (TPSA) is 60.8 Å². The summed E-state index contributed by atoms with van der Waals surface area (Å²) in [4.78, 5) is 22.8. The lowest BCUT2D eigenvalue weighted by molar-refractivity contribution is -0.129. The van der Waals surface area contributed by atoms with Crippen LogP contribution in [0.4, 0.5) is 0 Å². The number of pyridine rings is 1. The van der Waals surface area contributed by atoms with Crippen LogP contribution in [-0.4, -0.2) is 24.0 Å². The number of hydrogen-bond donors (Lipinski definition) is 0. The van der Waals surface area contributed by atoms with Crippen LogP contribution < -0.4 is 4.74 Å². The summed E-state index contributed by atoms with van der Waals surface area (Å²) in [5.41, 5.74) is 2.24. The lowest BCUT2D eigenvalue weighted by Gasteiger charge is -2.09. The zero-order valence-electron chi connectivity index (χ0n) is 17.8. The van der Waals surface area contributed by atoms with Gasteiger partial charge in [-0.3, -0.25) is 0 Å². The Hall–Kier alpha value is -3.32. The zero-order chi connectivity index (χ0) is 23.7. The van der Waals surface area contributed by atoms with E-state index < -0.39 is 5.97 Å². The molecule has 0 saturated carbocycles. The summed E-state index contributed by atoms with van der Waals surface area (Å²) in [6.07, 6.45) is 1.68. The lowest BCUT2D eigenvalue weighted by Crippen LogP contribution is -2.05. The number of fused-ring (bicyclic) bond motifs is 1. The first-order valence-corrected chi connectivity index (χ1v) is 11.8. The number of ether oxygens (including phenoxy) is 2. The predicted octanol–water partition coefficient (Wildman–Crippen LogP) is 7.05. The van der Waals surface area contributed by atoms with Crippen molar-refractivity contribution in [2.75, 3.05) is 7.11 Å². The highest BCUT2D eigenvalue weighted by Crippen LogP contribution is 2.34. The minimum Gasteiger partial charge on any atom is -0.497 e. The van der Waals surface area contributed by atoms with E-state index in [0.29, 0.717) is 26.4 Å². The molecule has 4 aromatic rings. The maximum Gasteiger partial charge on any atom is 0.363 e. The summed E-state index contributed by atoms with van der Waals surface area (Å²) in [5, 5.41) is 2.68. The van der Waals surface area contributed by atoms with Crippen molar-refractivity contribution in [2.45, 2.75) is 9.92 Å². The molecule has 0 N–H and O–H groups in total. The number of halogens is 2. The van der Waals surface area contributed by atoms with Gasteiger partial charge in [-0.1, -0.05) is 47.1 Å². The van der Waals surface area contributed by atoms with Crippen molar-refractivity contribution in [3.8, 4) is 5.75 Å². The highest BCUT2D eigenvalue weighted by atomic mass is 35.5. The number of hydrogen-bond acceptors (Lipinski definition) is 6. The molecule has 168 valence electrons. The number of nitrogens with zero attached hydrogens (tertiary/aromatic N) is 2. The van der Waals surface area contributed by atoms with Crippen molar-refractivity contribution in [1.82, 2.24) is 4.98 Å². The fourth-order valence-corrected chi connectivity index (χ4v) is 4.60. The van der Waals surface area contributed by atoms with Gasteiger partial charge < -0.3 is 9.47 Å². The molecule has 0 atom stereocenters. The Balaban J connectivity index is 1.61. The molecular weight excluding hydrogens is 491 g/mol. The van der Waals surface area contributed by atoms with E-state index in [-0.39, 0.29) is 11.6 Å². The van der Waals surface area contributed by atoms with Crippen LogP contribution in [-0.2, 0) is 9.53 Å². The van der Waals surface area contributed by atoms with Gasteiger partial charge in [0.25, 0.3) is 0 Å². The third-order valence-corrected chi connectivity index (χ3v) is 6.67. The number of aromatic nitrogens is 1. The third kappa shape index (κ3) is 4.66. The van der Waals surface area contributed by atoms with E-state index in [1.165, 1.54) is 11.8 Å². The minimum atomic E-state index is -0.553. The quantitative estimate of drug-likeness (QED) is 0.214. The molecule has 0 aliphatic carbocycles. The number of carbonyl (C=O) groups excluding carboxylic acids is 1. The van der Waals surface area contributed by atoms with Crippen molar-refractivity contribution < 1.29 is 14.3 Å². The first kappa shape index (κ1) is 22.5. The smallest absolute Gasteiger partial charge is 0.363 e. The number of benzene rings is 3. The number of aliphatic imine (C=N–C) groups is 1. The lowest BCUT2D eigenvalue weighted by atomic mass is 10.1. The van der Waals surface area contributed by atoms with Gasteiger partial charge in [-0.15, -0.1) is 0 Å². The molecule has 1 aliphatic heterocycles. The summed E-state index contributed by atoms with van der Waals surface area (Å²) in [7, 11) is 1.61. The van der Waals surface area contributed by atoms with Crippen LogP contribution in [0.5, 0.6) is 5.75 Å². The second-order valence-corrected chi connectivity index (χ2v) is 9.22. The predicted molar refractivity (Wildman–Crippen MR) is 136 cm³/mol. The van der Waals surface area contributed by atoms with Gasteiger partial charge >= 0.3 is 5.97 Å². The molecule has 8 heteroatoms. The number of esters is 1. The van der Waals surface area contributed by atoms with Gasteiger partial charge in [-0.25, -0.2) is 14.8 Å². The SMILES string of the molecule is COc1ccc2nc(Sc3ccc(Cl)cc3)c(C=C3N=C(c4ccccc4Cl)OC3=O)cc2c1. The standard InChI is InChI=1S/C26H16Cl2N2O3S/c1-32-18-8-11-22-15(13-18)12-16(25(30-22)34-19-9-6-17(27)7-10-19)14-23-26(31)33-24(29-23)20-4-2-3-5-21(20)28/h2-14H,1H3. The Labute approximate surface area is 210 Å². The normalized spacial score (nSPS) is 14.4. The largest absolute Gasteiger partial charge is 0.497 e. The second kappa shape index (κ2) is 9.50. The van der Waals surface area contributed by atoms with E-state index in [9.17, 15) is 4.79 Å². The van der Waals surface area contributed by atoms with Crippen LogP contribution in [0.15, 0.2) is 93.4 Å². The summed E-state index contributed by atoms with van der Waals surface area (Å²) < 4.78 is 10.8. The summed E-state index contributed by atoms with van der Waals surface area (Å²) >= 11 is 13.8. The van der Waals surface area contributed by atoms with E-state index >= 15 is 0 Å². The molecule has 0 bridgehead atoms. The molecule has 0 fully saturated rings. The molecule has 0 radical (unpaired) electrons. The van der Waals surface area contributed by atoms with E-state index in [4.69, 9.17) is 37.7 Å². The van der Waals surface area contributed by atoms with Crippen molar-refractivity contribution in [1.29, 1.82) is 0 Å². The third-order valence-electron chi connectivity index (χ3n) is 5.06. The first-order chi connectivity index (χ1) is 16.5. The van der Waals surface area contributed by atoms with E-state index in [1.807, 2.05) is 48.5 Å². The fourth-order valence-electron chi connectivity index (χ4n) is 3.39. The van der Waals surface area contributed by atoms with Gasteiger partial charge in [0.15, 0.2) is 5.70 Å². The average Bonchev–Trinajstić information content (AvgIpc) is 3.20. The number of cyclic esters (lactones) is 1. The first-order valence-electron chi connectivity index (χ1n) is 10.2. The molecule has 2 heterocycles. The van der Waals surface area contributed by atoms with Crippen LogP contribution in [0.2, 0.25) is 10.0 Å². The molecule has 3 aromatic carbocycles. The Kier molecular flexibility index (Phi) is 6.28. The summed E-state index contributed by atoms with van der Waals surface area (Å²) in [6.45, 7) is 0. The van der Waals surface area contributed by atoms with Gasteiger partial charge in [-0.2, -0.15) is 0 Å². The molecule has 0 unspecified atom stereocenters. The van der Waals surface area contributed by atoms with Gasteiger partial charge in [0.05, 0.1) is 23.2 Å². The van der Waals surface area contributed by atoms with Crippen molar-refractivity contribution in [3.05, 3.63) is 99.7 Å². The van der Waals surface area contributed by atoms with Gasteiger partial charge in [0, 0.05) is 20.9 Å². The van der Waals surface area contributed by atoms with Crippen LogP contribution >= 0.6 is 35.0 Å². The van der Waals surface area contributed by atoms with Crippen LogP contribution in [0.3, 0.4) is 0 Å². The molecule has 1 aromatic heterocycles. The minimum absolute atomic E-state index is 0.164. The van der Waals surface area contributed by atoms with Gasteiger partial charge in [0.2, 0.25) is 5.90 Å². The molecular formula is C26H16Cl2N2O3S. The maximum atomic E-state index is 12.6. The molecule has 5 nitrogen and oxygen atoms in total. The van der Waals surface area contributed by atoms with Crippen LogP contribution in [0, 0.1) is 0 Å². The van der Waals surface area contributed by atoms with E-state index in [0.717, 1.165) is 21.4 Å². The van der Waals surface area contributed by atoms with Crippen molar-refractivity contribution >= 4 is 63.8 Å². The molecule has 34 heavy (non-hydrogen) atoms. The Bertz CT molecular complexity index is 1480. The molecule has 5 rings (SSSR count). The highest BCUT2D eigenvalue weighted by molar-refractivity contribution is 7.99. The molecule has 1 aliphatic rings. The summed E-state index contributed by atoms with van der Waals surface area (Å²) in [6, 6.07) is 22.2. The van der Waals surface area contributed by atoms with Crippen molar-refractivity contribution in [3.63, 3.8) is 0 Å². The number of rotatable bonds is 5. The molecule has 0 saturated heterocycles. The molecule has 0 spiro atoms. The van der Waals surface area contributed by atoms with Crippen molar-refractivity contribution in [2.24, 2.45) is 4.99 Å². The Morgan fingerprint density at radius 2 is 1.79 bits per heavy atom. The van der Waals surface area contributed by atoms with Crippen LogP contribution in [0.1, 0.15) is 11.1 Å². The monoisotopic (exact) mass is 506 g/mol. The van der Waals surface area contributed by atoms with Gasteiger partial charge in [0.1, 0.15) is 10.8 Å². The Morgan fingerprint density at radius 1 is 1.00 bits per heavy atom. The average molecular weight is 507 g/mol. The fraction of sp³-hybridized carbons (Fsp3) is 0.0385. The number of carbonyl (C=O) groups is 1. The van der Waals surface area contributed by atoms with E-state index in [1.54, 1.807) is 37.5 Å². The Morgan fingerprint density at radius 3 is 2.56 bits per heavy atom. The molecule has 0 amide bonds. The van der Waals surface area contributed by atoms with Gasteiger partial charge in [-0.05, 0) is 66.7 Å². The second-order valence-electron chi connectivity index (χ2n) is 7.31.